The Morgan fingerprint density at radius 2 is 1.97 bits per heavy atom. The first kappa shape index (κ1) is 20.8. The van der Waals surface area contributed by atoms with Gasteiger partial charge in [-0.15, -0.1) is 0 Å². The van der Waals surface area contributed by atoms with Crippen molar-refractivity contribution in [2.75, 3.05) is 49.8 Å². The van der Waals surface area contributed by atoms with E-state index in [1.165, 1.54) is 13.3 Å². The Balaban J connectivity index is 1.63. The fraction of sp³-hybridized carbons (Fsp3) is 0.409. The Bertz CT molecular complexity index is 1150. The van der Waals surface area contributed by atoms with Crippen LogP contribution in [0.2, 0.25) is 5.15 Å². The number of carbonyl (C=O) groups excluding carboxylic acids is 1. The number of ether oxygens (including phenoxy) is 2. The molecule has 0 aliphatic carbocycles. The topological polar surface area (TPSA) is 93.6 Å². The summed E-state index contributed by atoms with van der Waals surface area (Å²) in [5.41, 5.74) is 2.80. The maximum atomic E-state index is 12.4. The van der Waals surface area contributed by atoms with Gasteiger partial charge in [-0.2, -0.15) is 0 Å². The zero-order chi connectivity index (χ0) is 22.1. The van der Waals surface area contributed by atoms with Gasteiger partial charge in [0.15, 0.2) is 0 Å². The molecule has 4 heterocycles. The monoisotopic (exact) mass is 454 g/mol. The van der Waals surface area contributed by atoms with Crippen LogP contribution in [0.4, 0.5) is 11.6 Å². The molecule has 32 heavy (non-hydrogen) atoms. The third kappa shape index (κ3) is 3.93. The standard InChI is InChI=1S/C22H23ClN6O3/c1-31-22(30)14-9-15(17-3-2-4-29(17)20-12-24-11-18(23)26-20)21-16(10-14)25-13-19(27-21)28-5-7-32-8-6-28/h9-13,17H,2-8H2,1H3. The second kappa shape index (κ2) is 8.84. The van der Waals surface area contributed by atoms with E-state index in [4.69, 9.17) is 26.1 Å². The summed E-state index contributed by atoms with van der Waals surface area (Å²) in [6.07, 6.45) is 6.84. The Morgan fingerprint density at radius 1 is 1.12 bits per heavy atom. The van der Waals surface area contributed by atoms with Gasteiger partial charge in [0.1, 0.15) is 16.8 Å². The number of methoxy groups -OCH3 is 1. The van der Waals surface area contributed by atoms with E-state index >= 15 is 0 Å². The average Bonchev–Trinajstić information content (AvgIpc) is 3.33. The first-order valence-electron chi connectivity index (χ1n) is 10.6. The summed E-state index contributed by atoms with van der Waals surface area (Å²) in [7, 11) is 1.38. The number of esters is 1. The first-order chi connectivity index (χ1) is 15.6. The molecule has 1 aromatic carbocycles. The van der Waals surface area contributed by atoms with Crippen molar-refractivity contribution >= 4 is 40.2 Å². The molecule has 10 heteroatoms. The molecule has 0 radical (unpaired) electrons. The normalized spacial score (nSPS) is 18.9. The molecule has 9 nitrogen and oxygen atoms in total. The van der Waals surface area contributed by atoms with E-state index < -0.39 is 5.97 Å². The van der Waals surface area contributed by atoms with Crippen LogP contribution in [0.15, 0.2) is 30.7 Å². The maximum Gasteiger partial charge on any atom is 0.337 e. The molecule has 2 aliphatic rings. The number of anilines is 2. The van der Waals surface area contributed by atoms with Crippen molar-refractivity contribution in [3.63, 3.8) is 0 Å². The molecule has 0 saturated carbocycles. The molecule has 2 aromatic heterocycles. The van der Waals surface area contributed by atoms with Gasteiger partial charge >= 0.3 is 5.97 Å². The van der Waals surface area contributed by atoms with Crippen molar-refractivity contribution < 1.29 is 14.3 Å². The lowest BCUT2D eigenvalue weighted by Crippen LogP contribution is -2.36. The zero-order valence-electron chi connectivity index (χ0n) is 17.7. The lowest BCUT2D eigenvalue weighted by molar-refractivity contribution is 0.0600. The summed E-state index contributed by atoms with van der Waals surface area (Å²) < 4.78 is 10.5. The Kier molecular flexibility index (Phi) is 5.75. The van der Waals surface area contributed by atoms with E-state index in [-0.39, 0.29) is 6.04 Å². The van der Waals surface area contributed by atoms with Crippen LogP contribution in [0.3, 0.4) is 0 Å². The minimum Gasteiger partial charge on any atom is -0.465 e. The minimum absolute atomic E-state index is 0.0379. The zero-order valence-corrected chi connectivity index (χ0v) is 18.5. The van der Waals surface area contributed by atoms with Crippen LogP contribution in [-0.2, 0) is 9.47 Å². The molecule has 2 fully saturated rings. The van der Waals surface area contributed by atoms with Crippen LogP contribution in [0, 0.1) is 0 Å². The van der Waals surface area contributed by atoms with Crippen molar-refractivity contribution in [1.29, 1.82) is 0 Å². The highest BCUT2D eigenvalue weighted by Gasteiger charge is 2.31. The SMILES string of the molecule is COC(=O)c1cc(C2CCCN2c2cncc(Cl)n2)c2nc(N3CCOCC3)cnc2c1. The molecule has 1 atom stereocenters. The van der Waals surface area contributed by atoms with Crippen LogP contribution in [-0.4, -0.2) is 65.9 Å². The number of morpholine rings is 1. The Morgan fingerprint density at radius 3 is 2.75 bits per heavy atom. The second-order valence-electron chi connectivity index (χ2n) is 7.80. The molecule has 0 bridgehead atoms. The molecule has 0 spiro atoms. The Hall–Kier alpha value is -3.04. The van der Waals surface area contributed by atoms with Gasteiger partial charge in [0, 0.05) is 25.2 Å². The minimum atomic E-state index is -0.403. The first-order valence-corrected chi connectivity index (χ1v) is 11.0. The number of carbonyl (C=O) groups is 1. The molecule has 166 valence electrons. The summed E-state index contributed by atoms with van der Waals surface area (Å²) in [6.45, 7) is 3.67. The predicted molar refractivity (Wildman–Crippen MR) is 120 cm³/mol. The molecule has 3 aromatic rings. The van der Waals surface area contributed by atoms with Crippen molar-refractivity contribution in [2.24, 2.45) is 0 Å². The van der Waals surface area contributed by atoms with Crippen molar-refractivity contribution in [2.45, 2.75) is 18.9 Å². The van der Waals surface area contributed by atoms with Gasteiger partial charge in [-0.3, -0.25) is 9.97 Å². The number of hydrogen-bond donors (Lipinski definition) is 0. The molecule has 2 aliphatic heterocycles. The van der Waals surface area contributed by atoms with Gasteiger partial charge in [-0.1, -0.05) is 11.6 Å². The van der Waals surface area contributed by atoms with Gasteiger partial charge in [0.05, 0.1) is 61.6 Å². The highest BCUT2D eigenvalue weighted by molar-refractivity contribution is 6.29. The molecule has 1 unspecified atom stereocenters. The highest BCUT2D eigenvalue weighted by Crippen LogP contribution is 2.38. The van der Waals surface area contributed by atoms with Crippen molar-refractivity contribution in [3.05, 3.63) is 47.0 Å². The smallest absolute Gasteiger partial charge is 0.337 e. The van der Waals surface area contributed by atoms with Crippen LogP contribution < -0.4 is 9.80 Å². The van der Waals surface area contributed by atoms with Crippen molar-refractivity contribution in [1.82, 2.24) is 19.9 Å². The molecular formula is C22H23ClN6O3. The average molecular weight is 455 g/mol. The predicted octanol–water partition coefficient (Wildman–Crippen LogP) is 3.04. The molecule has 2 saturated heterocycles. The quantitative estimate of drug-likeness (QED) is 0.551. The number of nitrogens with zero attached hydrogens (tertiary/aromatic N) is 6. The van der Waals surface area contributed by atoms with E-state index in [1.807, 2.05) is 6.07 Å². The van der Waals surface area contributed by atoms with Gasteiger partial charge in [-0.05, 0) is 25.0 Å². The molecule has 0 N–H and O–H groups in total. The van der Waals surface area contributed by atoms with Crippen LogP contribution >= 0.6 is 11.6 Å². The van der Waals surface area contributed by atoms with Gasteiger partial charge in [0.2, 0.25) is 0 Å². The van der Waals surface area contributed by atoms with E-state index in [9.17, 15) is 4.79 Å². The largest absolute Gasteiger partial charge is 0.465 e. The summed E-state index contributed by atoms with van der Waals surface area (Å²) in [5.74, 6) is 1.10. The molecular weight excluding hydrogens is 432 g/mol. The van der Waals surface area contributed by atoms with E-state index in [1.54, 1.807) is 18.5 Å². The number of halogens is 1. The second-order valence-corrected chi connectivity index (χ2v) is 8.19. The number of aromatic nitrogens is 4. The molecule has 5 rings (SSSR count). The third-order valence-electron chi connectivity index (χ3n) is 5.92. The van der Waals surface area contributed by atoms with Crippen molar-refractivity contribution in [3.8, 4) is 0 Å². The summed E-state index contributed by atoms with van der Waals surface area (Å²) in [4.78, 5) is 35.0. The van der Waals surface area contributed by atoms with Gasteiger partial charge in [-0.25, -0.2) is 14.8 Å². The molecule has 0 amide bonds. The fourth-order valence-corrected chi connectivity index (χ4v) is 4.54. The van der Waals surface area contributed by atoms with Crippen LogP contribution in [0.5, 0.6) is 0 Å². The maximum absolute atomic E-state index is 12.4. The fourth-order valence-electron chi connectivity index (χ4n) is 4.40. The van der Waals surface area contributed by atoms with E-state index in [0.717, 1.165) is 49.4 Å². The van der Waals surface area contributed by atoms with Gasteiger partial charge < -0.3 is 19.3 Å². The summed E-state index contributed by atoms with van der Waals surface area (Å²) in [5, 5.41) is 0.343. The van der Waals surface area contributed by atoms with Crippen LogP contribution in [0.1, 0.15) is 34.8 Å². The lowest BCUT2D eigenvalue weighted by Gasteiger charge is -2.29. The summed E-state index contributed by atoms with van der Waals surface area (Å²) >= 11 is 6.10. The highest BCUT2D eigenvalue weighted by atomic mass is 35.5. The van der Waals surface area contributed by atoms with E-state index in [0.29, 0.717) is 35.3 Å². The van der Waals surface area contributed by atoms with E-state index in [2.05, 4.69) is 24.8 Å². The number of fused-ring (bicyclic) bond motifs is 1. The number of benzene rings is 1. The number of rotatable bonds is 4. The van der Waals surface area contributed by atoms with Crippen LogP contribution in [0.25, 0.3) is 11.0 Å². The third-order valence-corrected chi connectivity index (χ3v) is 6.10. The number of hydrogen-bond acceptors (Lipinski definition) is 9. The summed E-state index contributed by atoms with van der Waals surface area (Å²) in [6, 6.07) is 3.57. The Labute approximate surface area is 190 Å². The lowest BCUT2D eigenvalue weighted by atomic mass is 9.99. The van der Waals surface area contributed by atoms with Gasteiger partial charge in [0.25, 0.3) is 0 Å².